The van der Waals surface area contributed by atoms with Gasteiger partial charge in [-0.15, -0.1) is 0 Å². The number of amides is 1. The lowest BCUT2D eigenvalue weighted by Crippen LogP contribution is -2.22. The molecule has 1 aromatic carbocycles. The summed E-state index contributed by atoms with van der Waals surface area (Å²) in [5, 5.41) is 0.0191. The first-order valence-corrected chi connectivity index (χ1v) is 4.09. The van der Waals surface area contributed by atoms with Crippen LogP contribution in [0.5, 0.6) is 0 Å². The molecule has 1 amide bonds. The molecule has 0 aromatic heterocycles. The summed E-state index contributed by atoms with van der Waals surface area (Å²) in [6.07, 6.45) is 0. The van der Waals surface area contributed by atoms with E-state index in [4.69, 9.17) is 11.6 Å². The molecule has 0 unspecified atom stereocenters. The van der Waals surface area contributed by atoms with Crippen LogP contribution in [0.4, 0.5) is 10.1 Å². The highest BCUT2D eigenvalue weighted by Gasteiger charge is 2.07. The largest absolute Gasteiger partial charge is 0.316 e. The molecule has 0 aliphatic carbocycles. The van der Waals surface area contributed by atoms with E-state index in [1.54, 1.807) is 7.05 Å². The monoisotopic (exact) mass is 201 g/mol. The van der Waals surface area contributed by atoms with Crippen molar-refractivity contribution in [1.82, 2.24) is 0 Å². The first-order chi connectivity index (χ1) is 6.02. The molecule has 0 heterocycles. The van der Waals surface area contributed by atoms with Crippen molar-refractivity contribution in [3.63, 3.8) is 0 Å². The number of anilines is 1. The van der Waals surface area contributed by atoms with E-state index in [0.717, 1.165) is 0 Å². The Morgan fingerprint density at radius 3 is 2.62 bits per heavy atom. The zero-order valence-electron chi connectivity index (χ0n) is 7.34. The van der Waals surface area contributed by atoms with E-state index in [1.165, 1.54) is 30.0 Å². The van der Waals surface area contributed by atoms with E-state index in [9.17, 15) is 9.18 Å². The Kier molecular flexibility index (Phi) is 2.88. The Balaban J connectivity index is 3.03. The maximum atomic E-state index is 12.7. The first kappa shape index (κ1) is 9.99. The SMILES string of the molecule is CC(=O)N(C)c1ccc(F)c(Cl)c1. The minimum absolute atomic E-state index is 0.0191. The van der Waals surface area contributed by atoms with E-state index < -0.39 is 5.82 Å². The second-order valence-electron chi connectivity index (χ2n) is 2.68. The highest BCUT2D eigenvalue weighted by atomic mass is 35.5. The van der Waals surface area contributed by atoms with Crippen molar-refractivity contribution in [3.8, 4) is 0 Å². The van der Waals surface area contributed by atoms with Gasteiger partial charge >= 0.3 is 0 Å². The fraction of sp³-hybridized carbons (Fsp3) is 0.222. The van der Waals surface area contributed by atoms with Gasteiger partial charge < -0.3 is 4.90 Å². The lowest BCUT2D eigenvalue weighted by Gasteiger charge is -2.14. The van der Waals surface area contributed by atoms with Gasteiger partial charge in [0.25, 0.3) is 0 Å². The topological polar surface area (TPSA) is 20.3 Å². The van der Waals surface area contributed by atoms with Crippen molar-refractivity contribution in [2.24, 2.45) is 0 Å². The normalized spacial score (nSPS) is 9.85. The van der Waals surface area contributed by atoms with Gasteiger partial charge in [-0.2, -0.15) is 0 Å². The molecule has 0 fully saturated rings. The van der Waals surface area contributed by atoms with Gasteiger partial charge in [-0.3, -0.25) is 4.79 Å². The van der Waals surface area contributed by atoms with Crippen LogP contribution in [0.2, 0.25) is 5.02 Å². The Morgan fingerprint density at radius 1 is 1.54 bits per heavy atom. The van der Waals surface area contributed by atoms with Crippen LogP contribution < -0.4 is 4.90 Å². The van der Waals surface area contributed by atoms with Gasteiger partial charge in [0, 0.05) is 19.7 Å². The molecule has 0 spiro atoms. The number of carbonyl (C=O) groups is 1. The van der Waals surface area contributed by atoms with Crippen LogP contribution in [-0.4, -0.2) is 13.0 Å². The van der Waals surface area contributed by atoms with E-state index in [-0.39, 0.29) is 10.9 Å². The predicted molar refractivity (Wildman–Crippen MR) is 50.5 cm³/mol. The molecule has 0 bridgehead atoms. The maximum Gasteiger partial charge on any atom is 0.223 e. The molecule has 1 rings (SSSR count). The van der Waals surface area contributed by atoms with Crippen molar-refractivity contribution in [2.45, 2.75) is 6.92 Å². The highest BCUT2D eigenvalue weighted by Crippen LogP contribution is 2.21. The molecule has 13 heavy (non-hydrogen) atoms. The smallest absolute Gasteiger partial charge is 0.223 e. The molecule has 0 atom stereocenters. The second-order valence-corrected chi connectivity index (χ2v) is 3.08. The fourth-order valence-electron chi connectivity index (χ4n) is 0.875. The average molecular weight is 202 g/mol. The quantitative estimate of drug-likeness (QED) is 0.684. The van der Waals surface area contributed by atoms with Gasteiger partial charge in [-0.25, -0.2) is 4.39 Å². The lowest BCUT2D eigenvalue weighted by molar-refractivity contribution is -0.116. The Labute approximate surface area is 80.9 Å². The minimum Gasteiger partial charge on any atom is -0.316 e. The molecule has 0 aliphatic heterocycles. The van der Waals surface area contributed by atoms with Gasteiger partial charge in [0.2, 0.25) is 5.91 Å². The van der Waals surface area contributed by atoms with Crippen LogP contribution in [0.25, 0.3) is 0 Å². The molecule has 0 N–H and O–H groups in total. The summed E-state index contributed by atoms with van der Waals surface area (Å²) in [7, 11) is 1.60. The van der Waals surface area contributed by atoms with Crippen LogP contribution in [0.15, 0.2) is 18.2 Å². The summed E-state index contributed by atoms with van der Waals surface area (Å²) in [4.78, 5) is 12.3. The third kappa shape index (κ3) is 2.18. The number of benzene rings is 1. The molecule has 0 radical (unpaired) electrons. The van der Waals surface area contributed by atoms with Crippen molar-refractivity contribution in [1.29, 1.82) is 0 Å². The van der Waals surface area contributed by atoms with E-state index in [1.807, 2.05) is 0 Å². The highest BCUT2D eigenvalue weighted by molar-refractivity contribution is 6.31. The zero-order chi connectivity index (χ0) is 10.0. The van der Waals surface area contributed by atoms with Crippen LogP contribution in [-0.2, 0) is 4.79 Å². The first-order valence-electron chi connectivity index (χ1n) is 3.71. The van der Waals surface area contributed by atoms with Gasteiger partial charge in [-0.05, 0) is 18.2 Å². The number of nitrogens with zero attached hydrogens (tertiary/aromatic N) is 1. The summed E-state index contributed by atoms with van der Waals surface area (Å²) < 4.78 is 12.7. The summed E-state index contributed by atoms with van der Waals surface area (Å²) >= 11 is 5.55. The number of halogens is 2. The molecule has 0 aliphatic rings. The van der Waals surface area contributed by atoms with Gasteiger partial charge in [0.15, 0.2) is 0 Å². The molecular weight excluding hydrogens is 193 g/mol. The fourth-order valence-corrected chi connectivity index (χ4v) is 1.05. The molecule has 2 nitrogen and oxygen atoms in total. The third-order valence-electron chi connectivity index (χ3n) is 1.76. The Hall–Kier alpha value is -1.09. The molecular formula is C9H9ClFNO. The number of rotatable bonds is 1. The molecule has 70 valence electrons. The average Bonchev–Trinajstić information content (AvgIpc) is 2.08. The molecule has 0 saturated heterocycles. The van der Waals surface area contributed by atoms with Crippen molar-refractivity contribution in [3.05, 3.63) is 29.0 Å². The second kappa shape index (κ2) is 3.75. The van der Waals surface area contributed by atoms with Crippen molar-refractivity contribution < 1.29 is 9.18 Å². The summed E-state index contributed by atoms with van der Waals surface area (Å²) in [5.41, 5.74) is 0.582. The summed E-state index contributed by atoms with van der Waals surface area (Å²) in [6.45, 7) is 1.43. The van der Waals surface area contributed by atoms with Crippen molar-refractivity contribution >= 4 is 23.2 Å². The van der Waals surface area contributed by atoms with Crippen LogP contribution in [0.3, 0.4) is 0 Å². The summed E-state index contributed by atoms with van der Waals surface area (Å²) in [5.74, 6) is -0.606. The number of carbonyl (C=O) groups excluding carboxylic acids is 1. The van der Waals surface area contributed by atoms with Crippen LogP contribution in [0, 0.1) is 5.82 Å². The van der Waals surface area contributed by atoms with E-state index in [0.29, 0.717) is 5.69 Å². The van der Waals surface area contributed by atoms with Gasteiger partial charge in [-0.1, -0.05) is 11.6 Å². The lowest BCUT2D eigenvalue weighted by atomic mass is 10.3. The standard InChI is InChI=1S/C9H9ClFNO/c1-6(13)12(2)7-3-4-9(11)8(10)5-7/h3-5H,1-2H3. The molecule has 1 aromatic rings. The van der Waals surface area contributed by atoms with Gasteiger partial charge in [0.05, 0.1) is 5.02 Å². The van der Waals surface area contributed by atoms with Gasteiger partial charge in [0.1, 0.15) is 5.82 Å². The van der Waals surface area contributed by atoms with E-state index in [2.05, 4.69) is 0 Å². The molecule has 0 saturated carbocycles. The van der Waals surface area contributed by atoms with Crippen LogP contribution >= 0.6 is 11.6 Å². The maximum absolute atomic E-state index is 12.7. The Morgan fingerprint density at radius 2 is 2.15 bits per heavy atom. The molecule has 4 heteroatoms. The van der Waals surface area contributed by atoms with Crippen molar-refractivity contribution in [2.75, 3.05) is 11.9 Å². The third-order valence-corrected chi connectivity index (χ3v) is 2.05. The zero-order valence-corrected chi connectivity index (χ0v) is 8.10. The van der Waals surface area contributed by atoms with Crippen LogP contribution in [0.1, 0.15) is 6.92 Å². The predicted octanol–water partition coefficient (Wildman–Crippen LogP) is 2.46. The summed E-state index contributed by atoms with van der Waals surface area (Å²) in [6, 6.07) is 4.15. The number of hydrogen-bond acceptors (Lipinski definition) is 1. The van der Waals surface area contributed by atoms with E-state index >= 15 is 0 Å². The Bertz CT molecular complexity index is 340. The number of hydrogen-bond donors (Lipinski definition) is 0. The minimum atomic E-state index is -0.484.